The van der Waals surface area contributed by atoms with Gasteiger partial charge in [0.1, 0.15) is 0 Å². The van der Waals surface area contributed by atoms with Gasteiger partial charge < -0.3 is 10.6 Å². The summed E-state index contributed by atoms with van der Waals surface area (Å²) in [5.41, 5.74) is 3.93. The number of aliphatic imine (C=N–C) groups is 1. The van der Waals surface area contributed by atoms with Crippen molar-refractivity contribution in [2.75, 3.05) is 13.6 Å². The molecule has 0 aromatic heterocycles. The predicted octanol–water partition coefficient (Wildman–Crippen LogP) is 1.99. The Balaban J connectivity index is 2.60. The zero-order valence-electron chi connectivity index (χ0n) is 10.6. The van der Waals surface area contributed by atoms with Gasteiger partial charge >= 0.3 is 0 Å². The van der Waals surface area contributed by atoms with E-state index in [1.165, 1.54) is 16.7 Å². The molecule has 0 atom stereocenters. The molecule has 0 spiro atoms. The highest BCUT2D eigenvalue weighted by Crippen LogP contribution is 2.09. The van der Waals surface area contributed by atoms with Gasteiger partial charge in [-0.2, -0.15) is 0 Å². The first-order chi connectivity index (χ1) is 7.67. The molecule has 0 saturated carbocycles. The summed E-state index contributed by atoms with van der Waals surface area (Å²) in [6.07, 6.45) is 0. The van der Waals surface area contributed by atoms with Gasteiger partial charge in [-0.3, -0.25) is 4.99 Å². The SMILES string of the molecule is CCNC(=NC)NCc1ccc(C)cc1C. The molecular formula is C13H21N3. The average molecular weight is 219 g/mol. The number of nitrogens with one attached hydrogen (secondary N) is 2. The molecule has 0 bridgehead atoms. The molecule has 2 N–H and O–H groups in total. The number of aryl methyl sites for hydroxylation is 2. The van der Waals surface area contributed by atoms with E-state index in [4.69, 9.17) is 0 Å². The quantitative estimate of drug-likeness (QED) is 0.602. The highest BCUT2D eigenvalue weighted by Gasteiger charge is 2.00. The molecular weight excluding hydrogens is 198 g/mol. The molecule has 0 aliphatic carbocycles. The normalized spacial score (nSPS) is 11.4. The van der Waals surface area contributed by atoms with Gasteiger partial charge in [-0.25, -0.2) is 0 Å². The van der Waals surface area contributed by atoms with E-state index in [0.29, 0.717) is 0 Å². The maximum absolute atomic E-state index is 4.13. The summed E-state index contributed by atoms with van der Waals surface area (Å²) in [6.45, 7) is 8.00. The minimum Gasteiger partial charge on any atom is -0.357 e. The van der Waals surface area contributed by atoms with Crippen molar-refractivity contribution >= 4 is 5.96 Å². The maximum Gasteiger partial charge on any atom is 0.191 e. The lowest BCUT2D eigenvalue weighted by atomic mass is 10.1. The third-order valence-corrected chi connectivity index (χ3v) is 2.51. The Labute approximate surface area is 98.0 Å². The molecule has 0 aliphatic rings. The van der Waals surface area contributed by atoms with E-state index in [9.17, 15) is 0 Å². The van der Waals surface area contributed by atoms with Crippen LogP contribution in [0, 0.1) is 13.8 Å². The molecule has 0 amide bonds. The van der Waals surface area contributed by atoms with Crippen molar-refractivity contribution in [2.24, 2.45) is 4.99 Å². The molecule has 16 heavy (non-hydrogen) atoms. The first kappa shape index (κ1) is 12.6. The predicted molar refractivity (Wildman–Crippen MR) is 69.8 cm³/mol. The van der Waals surface area contributed by atoms with Crippen molar-refractivity contribution in [1.29, 1.82) is 0 Å². The molecule has 3 heteroatoms. The van der Waals surface area contributed by atoms with Crippen molar-refractivity contribution in [3.63, 3.8) is 0 Å². The van der Waals surface area contributed by atoms with Crippen LogP contribution in [-0.2, 0) is 6.54 Å². The van der Waals surface area contributed by atoms with Crippen LogP contribution in [0.5, 0.6) is 0 Å². The van der Waals surface area contributed by atoms with Crippen LogP contribution in [0.2, 0.25) is 0 Å². The summed E-state index contributed by atoms with van der Waals surface area (Å²) in [6, 6.07) is 6.50. The lowest BCUT2D eigenvalue weighted by molar-refractivity contribution is 0.825. The van der Waals surface area contributed by atoms with Crippen LogP contribution in [0.1, 0.15) is 23.6 Å². The Bertz CT molecular complexity index is 369. The fourth-order valence-corrected chi connectivity index (χ4v) is 1.61. The van der Waals surface area contributed by atoms with E-state index in [2.05, 4.69) is 54.6 Å². The topological polar surface area (TPSA) is 36.4 Å². The lowest BCUT2D eigenvalue weighted by Gasteiger charge is -2.12. The molecule has 0 radical (unpaired) electrons. The Hall–Kier alpha value is -1.51. The summed E-state index contributed by atoms with van der Waals surface area (Å²) in [4.78, 5) is 4.13. The summed E-state index contributed by atoms with van der Waals surface area (Å²) < 4.78 is 0. The van der Waals surface area contributed by atoms with E-state index in [1.54, 1.807) is 7.05 Å². The zero-order chi connectivity index (χ0) is 12.0. The second-order valence-corrected chi connectivity index (χ2v) is 3.89. The number of guanidine groups is 1. The van der Waals surface area contributed by atoms with E-state index in [0.717, 1.165) is 19.0 Å². The van der Waals surface area contributed by atoms with E-state index in [-0.39, 0.29) is 0 Å². The summed E-state index contributed by atoms with van der Waals surface area (Å²) in [5, 5.41) is 6.46. The third kappa shape index (κ3) is 3.57. The minimum atomic E-state index is 0.811. The van der Waals surface area contributed by atoms with E-state index in [1.807, 2.05) is 0 Å². The van der Waals surface area contributed by atoms with Crippen LogP contribution in [0.3, 0.4) is 0 Å². The maximum atomic E-state index is 4.13. The average Bonchev–Trinajstić information content (AvgIpc) is 2.26. The largest absolute Gasteiger partial charge is 0.357 e. The molecule has 0 unspecified atom stereocenters. The molecule has 0 aliphatic heterocycles. The number of benzene rings is 1. The second-order valence-electron chi connectivity index (χ2n) is 3.89. The number of hydrogen-bond acceptors (Lipinski definition) is 1. The molecule has 0 heterocycles. The van der Waals surface area contributed by atoms with Crippen LogP contribution in [0.4, 0.5) is 0 Å². The fourth-order valence-electron chi connectivity index (χ4n) is 1.61. The minimum absolute atomic E-state index is 0.811. The van der Waals surface area contributed by atoms with Crippen LogP contribution >= 0.6 is 0 Å². The Morgan fingerprint density at radius 1 is 1.25 bits per heavy atom. The number of hydrogen-bond donors (Lipinski definition) is 2. The fraction of sp³-hybridized carbons (Fsp3) is 0.462. The first-order valence-corrected chi connectivity index (χ1v) is 5.68. The molecule has 1 aromatic rings. The van der Waals surface area contributed by atoms with Crippen molar-refractivity contribution in [3.8, 4) is 0 Å². The molecule has 0 saturated heterocycles. The first-order valence-electron chi connectivity index (χ1n) is 5.68. The van der Waals surface area contributed by atoms with E-state index < -0.39 is 0 Å². The van der Waals surface area contributed by atoms with Gasteiger partial charge in [-0.1, -0.05) is 23.8 Å². The van der Waals surface area contributed by atoms with Gasteiger partial charge in [0.2, 0.25) is 0 Å². The van der Waals surface area contributed by atoms with Gasteiger partial charge in [0.15, 0.2) is 5.96 Å². The van der Waals surface area contributed by atoms with Crippen molar-refractivity contribution in [2.45, 2.75) is 27.3 Å². The van der Waals surface area contributed by atoms with Gasteiger partial charge in [0.25, 0.3) is 0 Å². The molecule has 1 rings (SSSR count). The standard InChI is InChI=1S/C13H21N3/c1-5-15-13(14-4)16-9-12-7-6-10(2)8-11(12)3/h6-8H,5,9H2,1-4H3,(H2,14,15,16). The number of nitrogens with zero attached hydrogens (tertiary/aromatic N) is 1. The highest BCUT2D eigenvalue weighted by molar-refractivity contribution is 5.79. The smallest absolute Gasteiger partial charge is 0.191 e. The van der Waals surface area contributed by atoms with Crippen molar-refractivity contribution in [1.82, 2.24) is 10.6 Å². The van der Waals surface area contributed by atoms with Gasteiger partial charge in [0.05, 0.1) is 0 Å². The lowest BCUT2D eigenvalue weighted by Crippen LogP contribution is -2.36. The van der Waals surface area contributed by atoms with Crippen molar-refractivity contribution < 1.29 is 0 Å². The van der Waals surface area contributed by atoms with Crippen LogP contribution in [0.15, 0.2) is 23.2 Å². The molecule has 0 fully saturated rings. The van der Waals surface area contributed by atoms with Gasteiger partial charge in [-0.05, 0) is 31.9 Å². The second kappa shape index (κ2) is 6.16. The van der Waals surface area contributed by atoms with Gasteiger partial charge in [-0.15, -0.1) is 0 Å². The molecule has 3 nitrogen and oxygen atoms in total. The van der Waals surface area contributed by atoms with Crippen LogP contribution in [0.25, 0.3) is 0 Å². The Morgan fingerprint density at radius 3 is 2.56 bits per heavy atom. The van der Waals surface area contributed by atoms with Gasteiger partial charge in [0, 0.05) is 20.1 Å². The Kier molecular flexibility index (Phi) is 4.83. The van der Waals surface area contributed by atoms with Crippen LogP contribution in [-0.4, -0.2) is 19.6 Å². The number of rotatable bonds is 3. The Morgan fingerprint density at radius 2 is 2.00 bits per heavy atom. The molecule has 88 valence electrons. The van der Waals surface area contributed by atoms with Crippen LogP contribution < -0.4 is 10.6 Å². The van der Waals surface area contributed by atoms with Crippen molar-refractivity contribution in [3.05, 3.63) is 34.9 Å². The summed E-state index contributed by atoms with van der Waals surface area (Å²) in [5.74, 6) is 0.850. The molecule has 1 aromatic carbocycles. The van der Waals surface area contributed by atoms with E-state index >= 15 is 0 Å². The third-order valence-electron chi connectivity index (χ3n) is 2.51. The monoisotopic (exact) mass is 219 g/mol. The highest BCUT2D eigenvalue weighted by atomic mass is 15.2. The zero-order valence-corrected chi connectivity index (χ0v) is 10.6. The summed E-state index contributed by atoms with van der Waals surface area (Å²) in [7, 11) is 1.78. The summed E-state index contributed by atoms with van der Waals surface area (Å²) >= 11 is 0.